The Kier molecular flexibility index (Phi) is 5.21. The number of nitrogens with zero attached hydrogens (tertiary/aromatic N) is 1. The molecule has 0 aromatic heterocycles. The van der Waals surface area contributed by atoms with E-state index in [4.69, 9.17) is 4.74 Å². The predicted octanol–water partition coefficient (Wildman–Crippen LogP) is 2.65. The molecule has 4 nitrogen and oxygen atoms in total. The number of hydrogen-bond acceptors (Lipinski definition) is 3. The van der Waals surface area contributed by atoms with Crippen LogP contribution in [0.4, 0.5) is 0 Å². The normalized spacial score (nSPS) is 25.6. The lowest BCUT2D eigenvalue weighted by Gasteiger charge is -2.23. The number of benzene rings is 1. The second-order valence-electron chi connectivity index (χ2n) is 7.02. The molecular formula is C19H28N2O2. The Morgan fingerprint density at radius 1 is 1.30 bits per heavy atom. The molecule has 1 N–H and O–H groups in total. The highest BCUT2D eigenvalue weighted by molar-refractivity contribution is 5.77. The van der Waals surface area contributed by atoms with E-state index in [1.54, 1.807) is 7.11 Å². The topological polar surface area (TPSA) is 41.6 Å². The lowest BCUT2D eigenvalue weighted by molar-refractivity contribution is -0.131. The van der Waals surface area contributed by atoms with E-state index in [-0.39, 0.29) is 5.92 Å². The molecule has 0 aliphatic carbocycles. The van der Waals surface area contributed by atoms with E-state index in [1.165, 1.54) is 5.56 Å². The lowest BCUT2D eigenvalue weighted by atomic mass is 9.92. The minimum Gasteiger partial charge on any atom is -0.497 e. The molecule has 2 fully saturated rings. The molecule has 1 amide bonds. The number of fused-ring (bicyclic) bond motifs is 1. The molecular weight excluding hydrogens is 288 g/mol. The van der Waals surface area contributed by atoms with Crippen LogP contribution in [-0.2, 0) is 4.79 Å². The Morgan fingerprint density at radius 2 is 2.00 bits per heavy atom. The first-order chi connectivity index (χ1) is 11.2. The number of carbonyl (C=O) groups is 1. The van der Waals surface area contributed by atoms with Gasteiger partial charge in [-0.05, 0) is 61.4 Å². The molecule has 0 saturated carbocycles. The van der Waals surface area contributed by atoms with E-state index in [0.717, 1.165) is 56.6 Å². The van der Waals surface area contributed by atoms with Gasteiger partial charge in [0.05, 0.1) is 7.11 Å². The van der Waals surface area contributed by atoms with Crippen molar-refractivity contribution >= 4 is 5.91 Å². The number of amides is 1. The first-order valence-corrected chi connectivity index (χ1v) is 8.80. The zero-order chi connectivity index (χ0) is 16.2. The van der Waals surface area contributed by atoms with Crippen molar-refractivity contribution in [3.8, 4) is 5.75 Å². The standard InChI is InChI=1S/C19H28N2O2/c1-14(15-4-3-5-18(11-15)23-2)10-19(22)21-8-6-16-12-20-13-17(16)7-9-21/h3-5,11,14,16-17,20H,6-10,12-13H2,1-2H3/t14?,16-,17+. The van der Waals surface area contributed by atoms with Crippen LogP contribution in [0.5, 0.6) is 5.75 Å². The summed E-state index contributed by atoms with van der Waals surface area (Å²) in [4.78, 5) is 14.8. The molecule has 0 bridgehead atoms. The van der Waals surface area contributed by atoms with Crippen LogP contribution in [0.25, 0.3) is 0 Å². The number of rotatable bonds is 4. The summed E-state index contributed by atoms with van der Waals surface area (Å²) in [6.07, 6.45) is 2.88. The fraction of sp³-hybridized carbons (Fsp3) is 0.632. The number of carbonyl (C=O) groups excluding carboxylic acids is 1. The molecule has 2 aliphatic rings. The summed E-state index contributed by atoms with van der Waals surface area (Å²) >= 11 is 0. The molecule has 1 unspecified atom stereocenters. The number of methoxy groups -OCH3 is 1. The van der Waals surface area contributed by atoms with Gasteiger partial charge in [0.1, 0.15) is 5.75 Å². The van der Waals surface area contributed by atoms with E-state index < -0.39 is 0 Å². The molecule has 2 aliphatic heterocycles. The molecule has 23 heavy (non-hydrogen) atoms. The maximum Gasteiger partial charge on any atom is 0.223 e. The van der Waals surface area contributed by atoms with Gasteiger partial charge in [-0.1, -0.05) is 19.1 Å². The highest BCUT2D eigenvalue weighted by atomic mass is 16.5. The molecule has 126 valence electrons. The summed E-state index contributed by atoms with van der Waals surface area (Å²) in [5, 5.41) is 3.49. The van der Waals surface area contributed by atoms with E-state index in [2.05, 4.69) is 23.2 Å². The zero-order valence-electron chi connectivity index (χ0n) is 14.3. The van der Waals surface area contributed by atoms with E-state index in [0.29, 0.717) is 12.3 Å². The van der Waals surface area contributed by atoms with Gasteiger partial charge < -0.3 is 15.0 Å². The van der Waals surface area contributed by atoms with Gasteiger partial charge in [-0.2, -0.15) is 0 Å². The van der Waals surface area contributed by atoms with Crippen LogP contribution in [0, 0.1) is 11.8 Å². The predicted molar refractivity (Wildman–Crippen MR) is 91.7 cm³/mol. The first-order valence-electron chi connectivity index (χ1n) is 8.80. The number of nitrogens with one attached hydrogen (secondary N) is 1. The van der Waals surface area contributed by atoms with Crippen molar-refractivity contribution in [3.63, 3.8) is 0 Å². The zero-order valence-corrected chi connectivity index (χ0v) is 14.3. The first kappa shape index (κ1) is 16.3. The molecule has 3 atom stereocenters. The second-order valence-corrected chi connectivity index (χ2v) is 7.02. The summed E-state index contributed by atoms with van der Waals surface area (Å²) in [6.45, 7) is 6.24. The number of ether oxygens (including phenoxy) is 1. The van der Waals surface area contributed by atoms with Crippen molar-refractivity contribution < 1.29 is 9.53 Å². The van der Waals surface area contributed by atoms with Gasteiger partial charge in [0.15, 0.2) is 0 Å². The maximum atomic E-state index is 12.7. The highest BCUT2D eigenvalue weighted by Gasteiger charge is 2.31. The monoisotopic (exact) mass is 316 g/mol. The Hall–Kier alpha value is -1.55. The molecule has 0 radical (unpaired) electrons. The molecule has 2 heterocycles. The quantitative estimate of drug-likeness (QED) is 0.928. The van der Waals surface area contributed by atoms with Crippen LogP contribution in [0.1, 0.15) is 37.7 Å². The van der Waals surface area contributed by atoms with Crippen LogP contribution in [0.3, 0.4) is 0 Å². The van der Waals surface area contributed by atoms with Gasteiger partial charge in [0.2, 0.25) is 5.91 Å². The SMILES string of the molecule is COc1cccc(C(C)CC(=O)N2CC[C@@H]3CNC[C@@H]3CC2)c1. The average molecular weight is 316 g/mol. The third-order valence-electron chi connectivity index (χ3n) is 5.52. The lowest BCUT2D eigenvalue weighted by Crippen LogP contribution is -2.33. The third-order valence-corrected chi connectivity index (χ3v) is 5.52. The fourth-order valence-corrected chi connectivity index (χ4v) is 3.92. The van der Waals surface area contributed by atoms with Crippen molar-refractivity contribution in [2.24, 2.45) is 11.8 Å². The molecule has 3 rings (SSSR count). The van der Waals surface area contributed by atoms with E-state index >= 15 is 0 Å². The van der Waals surface area contributed by atoms with Crippen molar-refractivity contribution in [1.29, 1.82) is 0 Å². The molecule has 0 spiro atoms. The van der Waals surface area contributed by atoms with Crippen molar-refractivity contribution in [2.45, 2.75) is 32.1 Å². The second kappa shape index (κ2) is 7.35. The summed E-state index contributed by atoms with van der Waals surface area (Å²) in [7, 11) is 1.68. The Labute approximate surface area is 139 Å². The maximum absolute atomic E-state index is 12.7. The van der Waals surface area contributed by atoms with Gasteiger partial charge in [-0.15, -0.1) is 0 Å². The van der Waals surface area contributed by atoms with Crippen LogP contribution in [0.2, 0.25) is 0 Å². The average Bonchev–Trinajstić information content (AvgIpc) is 2.93. The van der Waals surface area contributed by atoms with Crippen LogP contribution in [0.15, 0.2) is 24.3 Å². The van der Waals surface area contributed by atoms with E-state index in [9.17, 15) is 4.79 Å². The van der Waals surface area contributed by atoms with Gasteiger partial charge in [0.25, 0.3) is 0 Å². The van der Waals surface area contributed by atoms with Crippen LogP contribution < -0.4 is 10.1 Å². The van der Waals surface area contributed by atoms with Gasteiger partial charge >= 0.3 is 0 Å². The minimum absolute atomic E-state index is 0.224. The Morgan fingerprint density at radius 3 is 2.65 bits per heavy atom. The minimum atomic E-state index is 0.224. The Balaban J connectivity index is 1.57. The summed E-state index contributed by atoms with van der Waals surface area (Å²) in [5.41, 5.74) is 1.17. The smallest absolute Gasteiger partial charge is 0.223 e. The van der Waals surface area contributed by atoms with E-state index in [1.807, 2.05) is 18.2 Å². The fourth-order valence-electron chi connectivity index (χ4n) is 3.92. The van der Waals surface area contributed by atoms with Crippen molar-refractivity contribution in [1.82, 2.24) is 10.2 Å². The number of hydrogen-bond donors (Lipinski definition) is 1. The van der Waals surface area contributed by atoms with Gasteiger partial charge in [0, 0.05) is 19.5 Å². The molecule has 1 aromatic carbocycles. The van der Waals surface area contributed by atoms with Crippen LogP contribution in [-0.4, -0.2) is 44.1 Å². The highest BCUT2D eigenvalue weighted by Crippen LogP contribution is 2.29. The van der Waals surface area contributed by atoms with Crippen molar-refractivity contribution in [3.05, 3.63) is 29.8 Å². The summed E-state index contributed by atoms with van der Waals surface area (Å²) in [5.74, 6) is 2.92. The summed E-state index contributed by atoms with van der Waals surface area (Å²) < 4.78 is 5.28. The molecule has 4 heteroatoms. The third kappa shape index (κ3) is 3.86. The van der Waals surface area contributed by atoms with Crippen LogP contribution >= 0.6 is 0 Å². The van der Waals surface area contributed by atoms with Crippen molar-refractivity contribution in [2.75, 3.05) is 33.3 Å². The van der Waals surface area contributed by atoms with Gasteiger partial charge in [-0.3, -0.25) is 4.79 Å². The van der Waals surface area contributed by atoms with Gasteiger partial charge in [-0.25, -0.2) is 0 Å². The summed E-state index contributed by atoms with van der Waals surface area (Å²) in [6, 6.07) is 8.06. The molecule has 2 saturated heterocycles. The largest absolute Gasteiger partial charge is 0.497 e. The Bertz CT molecular complexity index is 532. The number of likely N-dealkylation sites (tertiary alicyclic amines) is 1. The molecule has 1 aromatic rings.